The van der Waals surface area contributed by atoms with Gasteiger partial charge in [0.25, 0.3) is 0 Å². The van der Waals surface area contributed by atoms with Gasteiger partial charge in [-0.2, -0.15) is 0 Å². The van der Waals surface area contributed by atoms with E-state index < -0.39 is 0 Å². The van der Waals surface area contributed by atoms with E-state index in [4.69, 9.17) is 0 Å². The second kappa shape index (κ2) is 7.17. The lowest BCUT2D eigenvalue weighted by Crippen LogP contribution is -2.51. The first-order valence-electron chi connectivity index (χ1n) is 10.9. The molecular formula is C21H32N6O. The predicted molar refractivity (Wildman–Crippen MR) is 110 cm³/mol. The lowest BCUT2D eigenvalue weighted by Gasteiger charge is -2.41. The van der Waals surface area contributed by atoms with Crippen LogP contribution < -0.4 is 9.80 Å². The number of carbonyl (C=O) groups excluding carboxylic acids is 1. The van der Waals surface area contributed by atoms with Gasteiger partial charge >= 0.3 is 0 Å². The molecule has 1 aromatic heterocycles. The van der Waals surface area contributed by atoms with Crippen LogP contribution in [0.4, 0.5) is 11.6 Å². The molecule has 4 fully saturated rings. The number of likely N-dealkylation sites (tertiary alicyclic amines) is 2. The van der Waals surface area contributed by atoms with Gasteiger partial charge in [-0.1, -0.05) is 0 Å². The molecule has 5 rings (SSSR count). The number of carbonyl (C=O) groups is 1. The molecule has 7 nitrogen and oxygen atoms in total. The molecule has 2 aliphatic heterocycles. The largest absolute Gasteiger partial charge is 0.363 e. The molecule has 3 heterocycles. The molecule has 1 aromatic rings. The highest BCUT2D eigenvalue weighted by Gasteiger charge is 2.44. The average Bonchev–Trinajstić information content (AvgIpc) is 3.63. The van der Waals surface area contributed by atoms with Crippen LogP contribution in [-0.2, 0) is 4.79 Å². The zero-order valence-electron chi connectivity index (χ0n) is 17.1. The Hall–Kier alpha value is -1.89. The highest BCUT2D eigenvalue weighted by atomic mass is 16.2. The van der Waals surface area contributed by atoms with Crippen LogP contribution in [0, 0.1) is 0 Å². The third kappa shape index (κ3) is 3.45. The molecule has 0 N–H and O–H groups in total. The fourth-order valence-electron chi connectivity index (χ4n) is 5.00. The van der Waals surface area contributed by atoms with Gasteiger partial charge in [-0.3, -0.25) is 9.69 Å². The maximum atomic E-state index is 12.8. The van der Waals surface area contributed by atoms with E-state index in [1.165, 1.54) is 25.7 Å². The van der Waals surface area contributed by atoms with E-state index in [1.54, 1.807) is 6.33 Å². The Morgan fingerprint density at radius 1 is 0.893 bits per heavy atom. The third-order valence-electron chi connectivity index (χ3n) is 6.83. The summed E-state index contributed by atoms with van der Waals surface area (Å²) in [5.41, 5.74) is 0. The van der Waals surface area contributed by atoms with Gasteiger partial charge in [0.05, 0.1) is 6.04 Å². The van der Waals surface area contributed by atoms with E-state index in [0.717, 1.165) is 50.5 Å². The summed E-state index contributed by atoms with van der Waals surface area (Å²) in [6.45, 7) is 3.01. The molecule has 4 aliphatic rings. The monoisotopic (exact) mass is 384 g/mol. The van der Waals surface area contributed by atoms with Crippen LogP contribution in [-0.4, -0.2) is 83.6 Å². The normalized spacial score (nSPS) is 26.7. The van der Waals surface area contributed by atoms with Crippen molar-refractivity contribution in [2.24, 2.45) is 0 Å². The van der Waals surface area contributed by atoms with Crippen LogP contribution in [0.3, 0.4) is 0 Å². The number of hydrogen-bond donors (Lipinski definition) is 0. The van der Waals surface area contributed by atoms with Crippen molar-refractivity contribution in [2.75, 3.05) is 43.5 Å². The van der Waals surface area contributed by atoms with Gasteiger partial charge in [0.1, 0.15) is 18.0 Å². The van der Waals surface area contributed by atoms with Crippen molar-refractivity contribution in [3.63, 3.8) is 0 Å². The maximum absolute atomic E-state index is 12.8. The van der Waals surface area contributed by atoms with E-state index in [9.17, 15) is 4.79 Å². The minimum absolute atomic E-state index is 0.135. The zero-order chi connectivity index (χ0) is 19.3. The number of aromatic nitrogens is 2. The molecule has 0 bridgehead atoms. The minimum atomic E-state index is 0.135. The van der Waals surface area contributed by atoms with Crippen molar-refractivity contribution in [1.82, 2.24) is 19.8 Å². The molecule has 2 aliphatic carbocycles. The molecule has 28 heavy (non-hydrogen) atoms. The van der Waals surface area contributed by atoms with Gasteiger partial charge in [-0.25, -0.2) is 9.97 Å². The fraction of sp³-hybridized carbons (Fsp3) is 0.762. The van der Waals surface area contributed by atoms with Gasteiger partial charge in [-0.05, 0) is 44.9 Å². The standard InChI is InChI=1S/C21H32N6O/c1-24(2)19-13-20(23-14-22-19)27(16-5-6-16)17-7-10-25(11-8-17)18-9-12-26(21(18)28)15-3-4-15/h13-18H,3-12H2,1-2H3. The molecule has 1 amide bonds. The summed E-state index contributed by atoms with van der Waals surface area (Å²) in [4.78, 5) is 31.0. The number of nitrogens with zero attached hydrogens (tertiary/aromatic N) is 6. The summed E-state index contributed by atoms with van der Waals surface area (Å²) in [6, 6.07) is 3.96. The van der Waals surface area contributed by atoms with E-state index in [2.05, 4.69) is 30.7 Å². The first-order chi connectivity index (χ1) is 13.6. The maximum Gasteiger partial charge on any atom is 0.240 e. The first kappa shape index (κ1) is 18.2. The van der Waals surface area contributed by atoms with Crippen LogP contribution in [0.15, 0.2) is 12.4 Å². The lowest BCUT2D eigenvalue weighted by molar-refractivity contribution is -0.133. The van der Waals surface area contributed by atoms with Gasteiger partial charge in [0, 0.05) is 57.9 Å². The second-order valence-electron chi connectivity index (χ2n) is 9.10. The van der Waals surface area contributed by atoms with Crippen molar-refractivity contribution in [2.45, 2.75) is 69.1 Å². The number of amides is 1. The Morgan fingerprint density at radius 3 is 2.21 bits per heavy atom. The minimum Gasteiger partial charge on any atom is -0.363 e. The Labute approximate surface area is 167 Å². The average molecular weight is 385 g/mol. The predicted octanol–water partition coefficient (Wildman–Crippen LogP) is 1.74. The number of piperidine rings is 1. The molecule has 2 saturated carbocycles. The van der Waals surface area contributed by atoms with Crippen molar-refractivity contribution in [1.29, 1.82) is 0 Å². The number of hydrogen-bond acceptors (Lipinski definition) is 6. The van der Waals surface area contributed by atoms with Gasteiger partial charge < -0.3 is 14.7 Å². The second-order valence-corrected chi connectivity index (χ2v) is 9.10. The first-order valence-corrected chi connectivity index (χ1v) is 10.9. The van der Waals surface area contributed by atoms with Crippen LogP contribution in [0.1, 0.15) is 44.9 Å². The van der Waals surface area contributed by atoms with Crippen molar-refractivity contribution in [3.8, 4) is 0 Å². The van der Waals surface area contributed by atoms with E-state index in [-0.39, 0.29) is 6.04 Å². The SMILES string of the molecule is CN(C)c1cc(N(C2CC2)C2CCN(C3CCN(C4CC4)C3=O)CC2)ncn1. The molecule has 1 atom stereocenters. The number of anilines is 2. The number of rotatable bonds is 6. The molecule has 2 saturated heterocycles. The summed E-state index contributed by atoms with van der Waals surface area (Å²) in [7, 11) is 4.05. The Balaban J connectivity index is 1.25. The van der Waals surface area contributed by atoms with Crippen molar-refractivity contribution >= 4 is 17.5 Å². The van der Waals surface area contributed by atoms with Crippen LogP contribution in [0.5, 0.6) is 0 Å². The van der Waals surface area contributed by atoms with E-state index in [0.29, 0.717) is 24.0 Å². The van der Waals surface area contributed by atoms with Crippen LogP contribution in [0.25, 0.3) is 0 Å². The molecule has 152 valence electrons. The van der Waals surface area contributed by atoms with Crippen molar-refractivity contribution in [3.05, 3.63) is 12.4 Å². The Kier molecular flexibility index (Phi) is 4.65. The van der Waals surface area contributed by atoms with Crippen LogP contribution >= 0.6 is 0 Å². The Bertz CT molecular complexity index is 723. The third-order valence-corrected chi connectivity index (χ3v) is 6.83. The fourth-order valence-corrected chi connectivity index (χ4v) is 5.00. The highest BCUT2D eigenvalue weighted by Crippen LogP contribution is 2.37. The molecule has 0 aromatic carbocycles. The molecule has 1 unspecified atom stereocenters. The topological polar surface area (TPSA) is 55.8 Å². The van der Waals surface area contributed by atoms with E-state index >= 15 is 0 Å². The summed E-state index contributed by atoms with van der Waals surface area (Å²) in [6.07, 6.45) is 9.90. The Morgan fingerprint density at radius 2 is 1.57 bits per heavy atom. The van der Waals surface area contributed by atoms with Crippen LogP contribution in [0.2, 0.25) is 0 Å². The molecule has 0 spiro atoms. The van der Waals surface area contributed by atoms with Gasteiger partial charge in [0.15, 0.2) is 0 Å². The smallest absolute Gasteiger partial charge is 0.240 e. The van der Waals surface area contributed by atoms with Gasteiger partial charge in [-0.15, -0.1) is 0 Å². The van der Waals surface area contributed by atoms with E-state index in [1.807, 2.05) is 19.0 Å². The summed E-state index contributed by atoms with van der Waals surface area (Å²) < 4.78 is 0. The quantitative estimate of drug-likeness (QED) is 0.745. The summed E-state index contributed by atoms with van der Waals surface area (Å²) >= 11 is 0. The lowest BCUT2D eigenvalue weighted by atomic mass is 10.0. The zero-order valence-corrected chi connectivity index (χ0v) is 17.1. The van der Waals surface area contributed by atoms with Gasteiger partial charge in [0.2, 0.25) is 5.91 Å². The molecule has 7 heteroatoms. The molecular weight excluding hydrogens is 352 g/mol. The molecule has 0 radical (unpaired) electrons. The van der Waals surface area contributed by atoms with Crippen molar-refractivity contribution < 1.29 is 4.79 Å². The highest BCUT2D eigenvalue weighted by molar-refractivity contribution is 5.84. The summed E-state index contributed by atoms with van der Waals surface area (Å²) in [5.74, 6) is 2.42. The summed E-state index contributed by atoms with van der Waals surface area (Å²) in [5, 5.41) is 0.